The van der Waals surface area contributed by atoms with Crippen molar-refractivity contribution < 1.29 is 9.47 Å². The van der Waals surface area contributed by atoms with Crippen LogP contribution in [0.15, 0.2) is 41.7 Å². The topological polar surface area (TPSA) is 72.7 Å². The van der Waals surface area contributed by atoms with Gasteiger partial charge in [0, 0.05) is 32.4 Å². The third kappa shape index (κ3) is 7.60. The average molecular weight is 374 g/mol. The molecule has 1 aromatic heterocycles. The highest BCUT2D eigenvalue weighted by atomic mass is 16.5. The first-order valence-electron chi connectivity index (χ1n) is 9.41. The van der Waals surface area contributed by atoms with Crippen molar-refractivity contribution in [3.8, 4) is 11.5 Å². The Balaban J connectivity index is 1.77. The predicted molar refractivity (Wildman–Crippen MR) is 109 cm³/mol. The van der Waals surface area contributed by atoms with E-state index in [0.717, 1.165) is 43.4 Å². The van der Waals surface area contributed by atoms with Gasteiger partial charge in [-0.3, -0.25) is 4.68 Å². The zero-order valence-electron chi connectivity index (χ0n) is 16.7. The molecule has 0 aliphatic carbocycles. The van der Waals surface area contributed by atoms with Crippen molar-refractivity contribution in [1.29, 1.82) is 0 Å². The molecule has 1 aromatic carbocycles. The van der Waals surface area contributed by atoms with Gasteiger partial charge >= 0.3 is 0 Å². The van der Waals surface area contributed by atoms with E-state index in [2.05, 4.69) is 33.8 Å². The predicted octanol–water partition coefficient (Wildman–Crippen LogP) is 2.38. The van der Waals surface area contributed by atoms with E-state index in [1.165, 1.54) is 5.56 Å². The van der Waals surface area contributed by atoms with E-state index in [0.29, 0.717) is 6.54 Å². The maximum absolute atomic E-state index is 5.92. The second-order valence-electron chi connectivity index (χ2n) is 6.38. The number of aryl methyl sites for hydroxylation is 2. The smallest absolute Gasteiger partial charge is 0.191 e. The zero-order chi connectivity index (χ0) is 19.5. The molecule has 7 heteroatoms. The molecule has 1 unspecified atom stereocenters. The average Bonchev–Trinajstić information content (AvgIpc) is 3.08. The van der Waals surface area contributed by atoms with Gasteiger partial charge in [-0.05, 0) is 44.4 Å². The summed E-state index contributed by atoms with van der Waals surface area (Å²) in [7, 11) is 3.59. The van der Waals surface area contributed by atoms with E-state index < -0.39 is 0 Å². The minimum absolute atomic E-state index is 0.0389. The van der Waals surface area contributed by atoms with Crippen LogP contribution in [0, 0.1) is 0 Å². The Hall–Kier alpha value is -2.70. The molecule has 0 bridgehead atoms. The van der Waals surface area contributed by atoms with Gasteiger partial charge < -0.3 is 20.1 Å². The Morgan fingerprint density at radius 3 is 2.81 bits per heavy atom. The van der Waals surface area contributed by atoms with Crippen molar-refractivity contribution in [1.82, 2.24) is 20.4 Å². The Kier molecular flexibility index (Phi) is 8.48. The lowest BCUT2D eigenvalue weighted by molar-refractivity contribution is 0.229. The van der Waals surface area contributed by atoms with E-state index >= 15 is 0 Å². The Morgan fingerprint density at radius 2 is 2.11 bits per heavy atom. The van der Waals surface area contributed by atoms with Crippen LogP contribution in [0.1, 0.15) is 25.8 Å². The van der Waals surface area contributed by atoms with Gasteiger partial charge in [0.05, 0.1) is 19.9 Å². The lowest BCUT2D eigenvalue weighted by atomic mass is 10.2. The molecule has 2 rings (SSSR count). The van der Waals surface area contributed by atoms with Gasteiger partial charge in [-0.15, -0.1) is 0 Å². The van der Waals surface area contributed by atoms with E-state index in [9.17, 15) is 0 Å². The molecule has 0 fully saturated rings. The van der Waals surface area contributed by atoms with Crippen molar-refractivity contribution in [2.24, 2.45) is 12.0 Å². The standard InChI is InChI=1S/C20H31N5O2/c1-5-21-20(22-11-7-8-17-14-24-25(3)15-17)23-13-16(2)27-19-10-6-9-18(12-19)26-4/h6,9-10,12,14-16H,5,7-8,11,13H2,1-4H3,(H2,21,22,23). The van der Waals surface area contributed by atoms with Crippen LogP contribution >= 0.6 is 0 Å². The lowest BCUT2D eigenvalue weighted by Crippen LogP contribution is -2.38. The molecule has 0 spiro atoms. The summed E-state index contributed by atoms with van der Waals surface area (Å²) in [5.41, 5.74) is 1.25. The molecule has 148 valence electrons. The van der Waals surface area contributed by atoms with Gasteiger partial charge in [-0.2, -0.15) is 5.10 Å². The molecule has 2 aromatic rings. The van der Waals surface area contributed by atoms with Crippen LogP contribution in [0.2, 0.25) is 0 Å². The number of nitrogens with zero attached hydrogens (tertiary/aromatic N) is 3. The van der Waals surface area contributed by atoms with Crippen molar-refractivity contribution >= 4 is 5.96 Å². The number of hydrogen-bond donors (Lipinski definition) is 2. The largest absolute Gasteiger partial charge is 0.497 e. The molecule has 7 nitrogen and oxygen atoms in total. The molecule has 0 saturated heterocycles. The van der Waals surface area contributed by atoms with E-state index in [1.807, 2.05) is 49.1 Å². The molecule has 0 radical (unpaired) electrons. The fourth-order valence-electron chi connectivity index (χ4n) is 2.61. The second-order valence-corrected chi connectivity index (χ2v) is 6.38. The van der Waals surface area contributed by atoms with Crippen LogP contribution in [0.5, 0.6) is 11.5 Å². The molecular weight excluding hydrogens is 342 g/mol. The molecule has 0 aliphatic rings. The summed E-state index contributed by atoms with van der Waals surface area (Å²) in [6.07, 6.45) is 5.94. The fraction of sp³-hybridized carbons (Fsp3) is 0.500. The van der Waals surface area contributed by atoms with E-state index in [1.54, 1.807) is 7.11 Å². The van der Waals surface area contributed by atoms with Gasteiger partial charge in [0.25, 0.3) is 0 Å². The highest BCUT2D eigenvalue weighted by Gasteiger charge is 2.06. The molecular formula is C20H31N5O2. The SMILES string of the molecule is CCNC(=NCC(C)Oc1cccc(OC)c1)NCCCc1cnn(C)c1. The number of guanidine groups is 1. The summed E-state index contributed by atoms with van der Waals surface area (Å²) in [6, 6.07) is 7.61. The van der Waals surface area contributed by atoms with Crippen LogP contribution in [0.3, 0.4) is 0 Å². The summed E-state index contributed by atoms with van der Waals surface area (Å²) < 4.78 is 13.0. The van der Waals surface area contributed by atoms with Crippen molar-refractivity contribution in [3.05, 3.63) is 42.2 Å². The van der Waals surface area contributed by atoms with Crippen molar-refractivity contribution in [3.63, 3.8) is 0 Å². The van der Waals surface area contributed by atoms with Crippen LogP contribution in [0.4, 0.5) is 0 Å². The minimum atomic E-state index is -0.0389. The van der Waals surface area contributed by atoms with Crippen molar-refractivity contribution in [2.45, 2.75) is 32.8 Å². The number of methoxy groups -OCH3 is 1. The maximum Gasteiger partial charge on any atom is 0.191 e. The van der Waals surface area contributed by atoms with Crippen LogP contribution in [-0.2, 0) is 13.5 Å². The number of aromatic nitrogens is 2. The van der Waals surface area contributed by atoms with E-state index in [4.69, 9.17) is 9.47 Å². The number of benzene rings is 1. The van der Waals surface area contributed by atoms with Crippen LogP contribution < -0.4 is 20.1 Å². The molecule has 27 heavy (non-hydrogen) atoms. The maximum atomic E-state index is 5.92. The minimum Gasteiger partial charge on any atom is -0.497 e. The first-order chi connectivity index (χ1) is 13.1. The zero-order valence-corrected chi connectivity index (χ0v) is 16.7. The number of rotatable bonds is 10. The third-order valence-corrected chi connectivity index (χ3v) is 3.92. The number of hydrogen-bond acceptors (Lipinski definition) is 4. The summed E-state index contributed by atoms with van der Waals surface area (Å²) in [4.78, 5) is 4.62. The van der Waals surface area contributed by atoms with Gasteiger partial charge in [0.15, 0.2) is 5.96 Å². The van der Waals surface area contributed by atoms with Crippen LogP contribution in [-0.4, -0.2) is 48.6 Å². The van der Waals surface area contributed by atoms with Crippen molar-refractivity contribution in [2.75, 3.05) is 26.7 Å². The molecule has 1 atom stereocenters. The second kappa shape index (κ2) is 11.1. The summed E-state index contributed by atoms with van der Waals surface area (Å²) in [5, 5.41) is 10.8. The molecule has 0 aliphatic heterocycles. The number of nitrogens with one attached hydrogen (secondary N) is 2. The monoisotopic (exact) mass is 373 g/mol. The first-order valence-corrected chi connectivity index (χ1v) is 9.41. The van der Waals surface area contributed by atoms with Gasteiger partial charge in [0.1, 0.15) is 17.6 Å². The lowest BCUT2D eigenvalue weighted by Gasteiger charge is -2.15. The van der Waals surface area contributed by atoms with Crippen LogP contribution in [0.25, 0.3) is 0 Å². The Labute approximate surface area is 161 Å². The summed E-state index contributed by atoms with van der Waals surface area (Å²) in [5.74, 6) is 2.38. The van der Waals surface area contributed by atoms with Gasteiger partial charge in [-0.1, -0.05) is 6.07 Å². The highest BCUT2D eigenvalue weighted by molar-refractivity contribution is 5.79. The molecule has 1 heterocycles. The summed E-state index contributed by atoms with van der Waals surface area (Å²) in [6.45, 7) is 6.30. The number of ether oxygens (including phenoxy) is 2. The molecule has 0 amide bonds. The molecule has 0 saturated carbocycles. The number of aliphatic imine (C=N–C) groups is 1. The summed E-state index contributed by atoms with van der Waals surface area (Å²) >= 11 is 0. The molecule has 2 N–H and O–H groups in total. The fourth-order valence-corrected chi connectivity index (χ4v) is 2.61. The Morgan fingerprint density at radius 1 is 1.30 bits per heavy atom. The normalized spacial score (nSPS) is 12.5. The van der Waals surface area contributed by atoms with Gasteiger partial charge in [0.2, 0.25) is 0 Å². The van der Waals surface area contributed by atoms with E-state index in [-0.39, 0.29) is 6.10 Å². The highest BCUT2D eigenvalue weighted by Crippen LogP contribution is 2.19. The van der Waals surface area contributed by atoms with Gasteiger partial charge in [-0.25, -0.2) is 4.99 Å². The third-order valence-electron chi connectivity index (χ3n) is 3.92. The first kappa shape index (κ1) is 20.6. The Bertz CT molecular complexity index is 714. The quantitative estimate of drug-likeness (QED) is 0.380.